The van der Waals surface area contributed by atoms with Gasteiger partial charge in [-0.15, -0.1) is 0 Å². The molecule has 2 aromatic carbocycles. The molecule has 7 heteroatoms. The lowest BCUT2D eigenvalue weighted by Crippen LogP contribution is -2.02. The van der Waals surface area contributed by atoms with E-state index in [4.69, 9.17) is 4.84 Å². The van der Waals surface area contributed by atoms with Crippen molar-refractivity contribution in [1.29, 1.82) is 0 Å². The summed E-state index contributed by atoms with van der Waals surface area (Å²) in [6.45, 7) is 1.68. The second kappa shape index (κ2) is 7.36. The van der Waals surface area contributed by atoms with Crippen molar-refractivity contribution < 1.29 is 29.7 Å². The minimum atomic E-state index is -0.618. The lowest BCUT2D eigenvalue weighted by Gasteiger charge is -2.07. The van der Waals surface area contributed by atoms with Crippen molar-refractivity contribution in [3.8, 4) is 17.2 Å². The van der Waals surface area contributed by atoms with Crippen LogP contribution < -0.4 is 0 Å². The zero-order valence-electron chi connectivity index (χ0n) is 13.2. The Labute approximate surface area is 138 Å². The summed E-state index contributed by atoms with van der Waals surface area (Å²) in [5, 5.41) is 32.5. The maximum absolute atomic E-state index is 11.5. The van der Waals surface area contributed by atoms with E-state index in [9.17, 15) is 20.1 Å². The average molecular weight is 331 g/mol. The fourth-order valence-corrected chi connectivity index (χ4v) is 2.02. The highest BCUT2D eigenvalue weighted by molar-refractivity contribution is 6.01. The van der Waals surface area contributed by atoms with Crippen LogP contribution in [-0.4, -0.2) is 34.1 Å². The van der Waals surface area contributed by atoms with E-state index in [0.717, 1.165) is 0 Å². The molecular weight excluding hydrogens is 314 g/mol. The molecule has 3 N–H and O–H groups in total. The first kappa shape index (κ1) is 17.1. The van der Waals surface area contributed by atoms with Gasteiger partial charge in [0.15, 0.2) is 11.5 Å². The number of methoxy groups -OCH3 is 1. The summed E-state index contributed by atoms with van der Waals surface area (Å²) in [5.74, 6) is -1.97. The fraction of sp³-hybridized carbons (Fsp3) is 0.176. The number of ether oxygens (including phenoxy) is 1. The molecule has 7 nitrogen and oxygen atoms in total. The minimum Gasteiger partial charge on any atom is -0.504 e. The third-order valence-corrected chi connectivity index (χ3v) is 3.30. The van der Waals surface area contributed by atoms with Crippen molar-refractivity contribution in [3.63, 3.8) is 0 Å². The number of benzene rings is 2. The van der Waals surface area contributed by atoms with Gasteiger partial charge in [-0.2, -0.15) is 0 Å². The van der Waals surface area contributed by atoms with E-state index in [1.165, 1.54) is 19.2 Å². The molecule has 24 heavy (non-hydrogen) atoms. The van der Waals surface area contributed by atoms with Gasteiger partial charge in [-0.25, -0.2) is 4.79 Å². The minimum absolute atomic E-state index is 0.104. The third kappa shape index (κ3) is 3.75. The Bertz CT molecular complexity index is 785. The van der Waals surface area contributed by atoms with Crippen LogP contribution in [0.15, 0.2) is 41.6 Å². The summed E-state index contributed by atoms with van der Waals surface area (Å²) in [6, 6.07) is 9.36. The van der Waals surface area contributed by atoms with E-state index in [2.05, 4.69) is 9.89 Å². The molecule has 0 saturated heterocycles. The van der Waals surface area contributed by atoms with Gasteiger partial charge < -0.3 is 24.9 Å². The van der Waals surface area contributed by atoms with Crippen molar-refractivity contribution in [2.75, 3.05) is 7.11 Å². The first-order chi connectivity index (χ1) is 11.4. The van der Waals surface area contributed by atoms with Crippen LogP contribution in [0.4, 0.5) is 0 Å². The number of hydrogen-bond acceptors (Lipinski definition) is 7. The number of esters is 1. The van der Waals surface area contributed by atoms with Crippen LogP contribution in [0, 0.1) is 0 Å². The van der Waals surface area contributed by atoms with Gasteiger partial charge >= 0.3 is 5.97 Å². The van der Waals surface area contributed by atoms with Gasteiger partial charge in [0.25, 0.3) is 0 Å². The van der Waals surface area contributed by atoms with E-state index in [0.29, 0.717) is 16.8 Å². The van der Waals surface area contributed by atoms with E-state index in [1.54, 1.807) is 31.2 Å². The van der Waals surface area contributed by atoms with Crippen LogP contribution in [0.1, 0.15) is 28.4 Å². The number of carbonyl (C=O) groups is 1. The second-order valence-corrected chi connectivity index (χ2v) is 4.97. The molecule has 0 spiro atoms. The molecule has 0 radical (unpaired) electrons. The molecule has 0 aliphatic carbocycles. The van der Waals surface area contributed by atoms with Gasteiger partial charge in [0.2, 0.25) is 5.75 Å². The van der Waals surface area contributed by atoms with Crippen molar-refractivity contribution in [2.24, 2.45) is 5.16 Å². The van der Waals surface area contributed by atoms with Crippen LogP contribution >= 0.6 is 0 Å². The smallest absolute Gasteiger partial charge is 0.337 e. The highest BCUT2D eigenvalue weighted by Crippen LogP contribution is 2.37. The molecule has 0 unspecified atom stereocenters. The van der Waals surface area contributed by atoms with Crippen LogP contribution in [-0.2, 0) is 16.2 Å². The van der Waals surface area contributed by atoms with Crippen molar-refractivity contribution in [2.45, 2.75) is 13.5 Å². The molecule has 0 aliphatic heterocycles. The largest absolute Gasteiger partial charge is 0.504 e. The Balaban J connectivity index is 2.09. The maximum Gasteiger partial charge on any atom is 0.337 e. The molecule has 0 amide bonds. The van der Waals surface area contributed by atoms with E-state index >= 15 is 0 Å². The lowest BCUT2D eigenvalue weighted by molar-refractivity contribution is 0.0600. The number of hydrogen-bond donors (Lipinski definition) is 3. The molecule has 0 aromatic heterocycles. The van der Waals surface area contributed by atoms with E-state index < -0.39 is 23.2 Å². The van der Waals surface area contributed by atoms with E-state index in [1.807, 2.05) is 0 Å². The Morgan fingerprint density at radius 2 is 1.88 bits per heavy atom. The molecular formula is C17H17NO6. The highest BCUT2D eigenvalue weighted by atomic mass is 16.6. The number of aromatic hydroxyl groups is 3. The summed E-state index contributed by atoms with van der Waals surface area (Å²) < 4.78 is 4.65. The standard InChI is InChI=1S/C17H17NO6/c1-10(13-6-7-14(19)16(21)15(13)20)18-24-9-11-4-3-5-12(8-11)17(22)23-2/h3-8,19-21H,9H2,1-2H3/b18-10+. The topological polar surface area (TPSA) is 109 Å². The Hall–Kier alpha value is -3.22. The number of rotatable bonds is 5. The molecule has 0 atom stereocenters. The molecule has 2 rings (SSSR count). The van der Waals surface area contributed by atoms with Crippen LogP contribution in [0.25, 0.3) is 0 Å². The van der Waals surface area contributed by atoms with Crippen molar-refractivity contribution in [3.05, 3.63) is 53.1 Å². The monoisotopic (exact) mass is 331 g/mol. The summed E-state index contributed by atoms with van der Waals surface area (Å²) >= 11 is 0. The number of oxime groups is 1. The number of nitrogens with zero attached hydrogens (tertiary/aromatic N) is 1. The highest BCUT2D eigenvalue weighted by Gasteiger charge is 2.13. The summed E-state index contributed by atoms with van der Waals surface area (Å²) in [4.78, 5) is 16.7. The van der Waals surface area contributed by atoms with Crippen LogP contribution in [0.3, 0.4) is 0 Å². The molecule has 126 valence electrons. The molecule has 0 fully saturated rings. The normalized spacial score (nSPS) is 11.2. The summed E-state index contributed by atoms with van der Waals surface area (Å²) in [7, 11) is 1.30. The quantitative estimate of drug-likeness (QED) is 0.336. The Morgan fingerprint density at radius 1 is 1.12 bits per heavy atom. The molecule has 2 aromatic rings. The predicted octanol–water partition coefficient (Wildman–Crippen LogP) is 2.53. The van der Waals surface area contributed by atoms with Crippen molar-refractivity contribution in [1.82, 2.24) is 0 Å². The summed E-state index contributed by atoms with van der Waals surface area (Å²) in [5.41, 5.74) is 1.66. The van der Waals surface area contributed by atoms with Crippen molar-refractivity contribution >= 4 is 11.7 Å². The second-order valence-electron chi connectivity index (χ2n) is 4.97. The van der Waals surface area contributed by atoms with Gasteiger partial charge in [0.05, 0.1) is 18.4 Å². The predicted molar refractivity (Wildman–Crippen MR) is 86.2 cm³/mol. The number of phenols is 3. The molecule has 0 heterocycles. The maximum atomic E-state index is 11.5. The van der Waals surface area contributed by atoms with Crippen LogP contribution in [0.5, 0.6) is 17.2 Å². The first-order valence-electron chi connectivity index (χ1n) is 7.02. The lowest BCUT2D eigenvalue weighted by atomic mass is 10.1. The molecule has 0 saturated carbocycles. The molecule has 0 aliphatic rings. The first-order valence-corrected chi connectivity index (χ1v) is 7.02. The van der Waals surface area contributed by atoms with Gasteiger partial charge in [-0.3, -0.25) is 0 Å². The van der Waals surface area contributed by atoms with Gasteiger partial charge in [0, 0.05) is 5.56 Å². The third-order valence-electron chi connectivity index (χ3n) is 3.30. The zero-order chi connectivity index (χ0) is 17.7. The average Bonchev–Trinajstić information content (AvgIpc) is 2.59. The number of carbonyl (C=O) groups excluding carboxylic acids is 1. The Morgan fingerprint density at radius 3 is 2.58 bits per heavy atom. The number of phenolic OH excluding ortho intramolecular Hbond substituents is 3. The van der Waals surface area contributed by atoms with Crippen LogP contribution in [0.2, 0.25) is 0 Å². The fourth-order valence-electron chi connectivity index (χ4n) is 2.02. The summed E-state index contributed by atoms with van der Waals surface area (Å²) in [6.07, 6.45) is 0. The zero-order valence-corrected chi connectivity index (χ0v) is 13.2. The van der Waals surface area contributed by atoms with E-state index in [-0.39, 0.29) is 12.2 Å². The SMILES string of the molecule is COC(=O)c1cccc(CO/N=C(\C)c2ccc(O)c(O)c2O)c1. The molecule has 0 bridgehead atoms. The van der Waals surface area contributed by atoms with Gasteiger partial charge in [-0.05, 0) is 36.8 Å². The van der Waals surface area contributed by atoms with Gasteiger partial charge in [0.1, 0.15) is 6.61 Å². The Kier molecular flexibility index (Phi) is 5.26. The van der Waals surface area contributed by atoms with Gasteiger partial charge in [-0.1, -0.05) is 17.3 Å².